The van der Waals surface area contributed by atoms with E-state index in [0.29, 0.717) is 12.1 Å². The molecule has 1 N–H and O–H groups in total. The molecule has 0 aliphatic rings. The average molecular weight is 218 g/mol. The number of terminal acetylenes is 1. The second-order valence-corrected chi connectivity index (χ2v) is 3.06. The highest BCUT2D eigenvalue weighted by molar-refractivity contribution is 5.90. The monoisotopic (exact) mass is 218 g/mol. The van der Waals surface area contributed by atoms with Crippen LogP contribution >= 0.6 is 0 Å². The van der Waals surface area contributed by atoms with Gasteiger partial charge in [0.1, 0.15) is 0 Å². The van der Waals surface area contributed by atoms with Crippen LogP contribution < -0.4 is 5.32 Å². The van der Waals surface area contributed by atoms with Gasteiger partial charge in [0, 0.05) is 30.7 Å². The Morgan fingerprint density at radius 3 is 2.56 bits per heavy atom. The molecule has 0 aromatic heterocycles. The predicted octanol–water partition coefficient (Wildman–Crippen LogP) is 1.95. The quantitative estimate of drug-likeness (QED) is 0.477. The zero-order chi connectivity index (χ0) is 12.0. The predicted molar refractivity (Wildman–Crippen MR) is 59.8 cm³/mol. The summed E-state index contributed by atoms with van der Waals surface area (Å²) in [4.78, 5) is 21.1. The number of carbonyl (C=O) groups excluding carboxylic acids is 1. The Morgan fingerprint density at radius 1 is 1.44 bits per heavy atom. The molecule has 82 valence electrons. The van der Waals surface area contributed by atoms with Crippen molar-refractivity contribution in [2.45, 2.75) is 12.8 Å². The van der Waals surface area contributed by atoms with Crippen LogP contribution in [0.1, 0.15) is 12.8 Å². The van der Waals surface area contributed by atoms with Gasteiger partial charge in [0.15, 0.2) is 0 Å². The van der Waals surface area contributed by atoms with Crippen molar-refractivity contribution in [1.82, 2.24) is 0 Å². The van der Waals surface area contributed by atoms with Gasteiger partial charge < -0.3 is 5.32 Å². The van der Waals surface area contributed by atoms with Crippen molar-refractivity contribution in [2.75, 3.05) is 5.32 Å². The van der Waals surface area contributed by atoms with Gasteiger partial charge in [-0.25, -0.2) is 0 Å². The van der Waals surface area contributed by atoms with E-state index >= 15 is 0 Å². The molecule has 0 radical (unpaired) electrons. The van der Waals surface area contributed by atoms with Crippen molar-refractivity contribution in [3.63, 3.8) is 0 Å². The van der Waals surface area contributed by atoms with Crippen LogP contribution in [0, 0.1) is 22.5 Å². The van der Waals surface area contributed by atoms with Crippen LogP contribution in [0.4, 0.5) is 11.4 Å². The van der Waals surface area contributed by atoms with E-state index in [4.69, 9.17) is 6.42 Å². The van der Waals surface area contributed by atoms with Crippen molar-refractivity contribution >= 4 is 17.3 Å². The smallest absolute Gasteiger partial charge is 0.269 e. The first-order valence-corrected chi connectivity index (χ1v) is 4.61. The Hall–Kier alpha value is -2.35. The number of nitrogens with one attached hydrogen (secondary N) is 1. The van der Waals surface area contributed by atoms with Gasteiger partial charge in [-0.2, -0.15) is 0 Å². The van der Waals surface area contributed by atoms with Crippen LogP contribution in [-0.2, 0) is 4.79 Å². The lowest BCUT2D eigenvalue weighted by Gasteiger charge is -2.02. The molecular weight excluding hydrogens is 208 g/mol. The normalized spacial score (nSPS) is 9.19. The number of hydrogen-bond donors (Lipinski definition) is 1. The van der Waals surface area contributed by atoms with Gasteiger partial charge in [-0.1, -0.05) is 0 Å². The van der Waals surface area contributed by atoms with Crippen molar-refractivity contribution in [3.8, 4) is 12.3 Å². The summed E-state index contributed by atoms with van der Waals surface area (Å²) >= 11 is 0. The lowest BCUT2D eigenvalue weighted by atomic mass is 10.2. The fourth-order valence-corrected chi connectivity index (χ4v) is 1.08. The van der Waals surface area contributed by atoms with Gasteiger partial charge in [-0.3, -0.25) is 14.9 Å². The Labute approximate surface area is 92.6 Å². The minimum absolute atomic E-state index is 0.0124. The maximum atomic E-state index is 11.2. The summed E-state index contributed by atoms with van der Waals surface area (Å²) in [6.45, 7) is 0. The maximum Gasteiger partial charge on any atom is 0.269 e. The highest BCUT2D eigenvalue weighted by Gasteiger charge is 2.05. The first-order valence-electron chi connectivity index (χ1n) is 4.61. The molecule has 0 unspecified atom stereocenters. The van der Waals surface area contributed by atoms with E-state index in [1.165, 1.54) is 24.3 Å². The lowest BCUT2D eigenvalue weighted by Crippen LogP contribution is -2.10. The minimum atomic E-state index is -0.496. The summed E-state index contributed by atoms with van der Waals surface area (Å²) < 4.78 is 0. The average Bonchev–Trinajstić information content (AvgIpc) is 2.27. The van der Waals surface area contributed by atoms with E-state index in [9.17, 15) is 14.9 Å². The summed E-state index contributed by atoms with van der Waals surface area (Å²) in [5.41, 5.74) is 0.509. The van der Waals surface area contributed by atoms with E-state index < -0.39 is 4.92 Å². The molecule has 0 atom stereocenters. The minimum Gasteiger partial charge on any atom is -0.326 e. The number of nitro benzene ring substituents is 1. The number of amides is 1. The Morgan fingerprint density at radius 2 is 2.06 bits per heavy atom. The molecular formula is C11H10N2O3. The summed E-state index contributed by atoms with van der Waals surface area (Å²) in [6, 6.07) is 5.62. The zero-order valence-electron chi connectivity index (χ0n) is 8.47. The van der Waals surface area contributed by atoms with Crippen LogP contribution in [0.15, 0.2) is 24.3 Å². The zero-order valence-corrected chi connectivity index (χ0v) is 8.47. The molecule has 1 rings (SSSR count). The molecule has 0 bridgehead atoms. The van der Waals surface area contributed by atoms with Crippen LogP contribution in [0.25, 0.3) is 0 Å². The third-order valence-corrected chi connectivity index (χ3v) is 1.86. The van der Waals surface area contributed by atoms with E-state index in [0.717, 1.165) is 0 Å². The number of hydrogen-bond acceptors (Lipinski definition) is 3. The molecule has 1 aromatic carbocycles. The van der Waals surface area contributed by atoms with E-state index in [2.05, 4.69) is 11.2 Å². The second-order valence-electron chi connectivity index (χ2n) is 3.06. The standard InChI is InChI=1S/C11H10N2O3/c1-2-3-4-11(14)12-9-5-7-10(8-6-9)13(15)16/h1,5-8H,3-4H2,(H,12,14). The van der Waals surface area contributed by atoms with Gasteiger partial charge in [0.05, 0.1) is 4.92 Å². The van der Waals surface area contributed by atoms with Gasteiger partial charge in [0.2, 0.25) is 5.91 Å². The second kappa shape index (κ2) is 5.51. The summed E-state index contributed by atoms with van der Waals surface area (Å²) in [6.07, 6.45) is 5.64. The highest BCUT2D eigenvalue weighted by Crippen LogP contribution is 2.15. The molecule has 0 aliphatic carbocycles. The molecule has 5 heteroatoms. The molecule has 1 aromatic rings. The van der Waals surface area contributed by atoms with Gasteiger partial charge >= 0.3 is 0 Å². The maximum absolute atomic E-state index is 11.2. The Bertz CT molecular complexity index is 432. The molecule has 0 heterocycles. The van der Waals surface area contributed by atoms with Crippen molar-refractivity contribution in [3.05, 3.63) is 34.4 Å². The molecule has 5 nitrogen and oxygen atoms in total. The number of rotatable bonds is 4. The SMILES string of the molecule is C#CCCC(=O)Nc1ccc([N+](=O)[O-])cc1. The van der Waals surface area contributed by atoms with Crippen LogP contribution in [0.3, 0.4) is 0 Å². The molecule has 0 fully saturated rings. The summed E-state index contributed by atoms with van der Waals surface area (Å²) in [5.74, 6) is 2.16. The van der Waals surface area contributed by atoms with Crippen LogP contribution in [0.2, 0.25) is 0 Å². The molecule has 0 saturated heterocycles. The van der Waals surface area contributed by atoms with Crippen LogP contribution in [0.5, 0.6) is 0 Å². The number of non-ortho nitro benzene ring substituents is 1. The fraction of sp³-hybridized carbons (Fsp3) is 0.182. The van der Waals surface area contributed by atoms with E-state index in [-0.39, 0.29) is 18.0 Å². The fourth-order valence-electron chi connectivity index (χ4n) is 1.08. The van der Waals surface area contributed by atoms with E-state index in [1.54, 1.807) is 0 Å². The Kier molecular flexibility index (Phi) is 4.04. The molecule has 16 heavy (non-hydrogen) atoms. The topological polar surface area (TPSA) is 72.2 Å². The molecule has 0 saturated carbocycles. The third kappa shape index (κ3) is 3.42. The summed E-state index contributed by atoms with van der Waals surface area (Å²) in [5, 5.41) is 13.0. The third-order valence-electron chi connectivity index (χ3n) is 1.86. The molecule has 0 spiro atoms. The van der Waals surface area contributed by atoms with Crippen molar-refractivity contribution < 1.29 is 9.72 Å². The van der Waals surface area contributed by atoms with Crippen molar-refractivity contribution in [2.24, 2.45) is 0 Å². The van der Waals surface area contributed by atoms with Gasteiger partial charge in [-0.05, 0) is 12.1 Å². The number of anilines is 1. The number of nitrogens with zero attached hydrogens (tertiary/aromatic N) is 1. The Balaban J connectivity index is 2.59. The largest absolute Gasteiger partial charge is 0.326 e. The first-order chi connectivity index (χ1) is 7.63. The van der Waals surface area contributed by atoms with Gasteiger partial charge in [0.25, 0.3) is 5.69 Å². The van der Waals surface area contributed by atoms with E-state index in [1.807, 2.05) is 0 Å². The number of nitro groups is 1. The number of carbonyl (C=O) groups is 1. The van der Waals surface area contributed by atoms with Crippen LogP contribution in [-0.4, -0.2) is 10.8 Å². The number of benzene rings is 1. The highest BCUT2D eigenvalue weighted by atomic mass is 16.6. The first kappa shape index (κ1) is 11.7. The lowest BCUT2D eigenvalue weighted by molar-refractivity contribution is -0.384. The molecule has 1 amide bonds. The van der Waals surface area contributed by atoms with Crippen molar-refractivity contribution in [1.29, 1.82) is 0 Å². The molecule has 0 aliphatic heterocycles. The summed E-state index contributed by atoms with van der Waals surface area (Å²) in [7, 11) is 0. The van der Waals surface area contributed by atoms with Gasteiger partial charge in [-0.15, -0.1) is 12.3 Å².